The van der Waals surface area contributed by atoms with Gasteiger partial charge in [-0.05, 0) is 78.1 Å². The molecule has 3 aromatic carbocycles. The summed E-state index contributed by atoms with van der Waals surface area (Å²) in [6.07, 6.45) is 4.01. The third kappa shape index (κ3) is 7.87. The molecule has 1 saturated heterocycles. The molecule has 274 valence electrons. The number of rotatable bonds is 12. The van der Waals surface area contributed by atoms with Crippen molar-refractivity contribution in [3.05, 3.63) is 83.9 Å². The number of terminal acetylenes is 1. The van der Waals surface area contributed by atoms with E-state index in [9.17, 15) is 22.8 Å². The molecule has 6 rings (SSSR count). The fraction of sp³-hybridized carbons (Fsp3) is 0.425. The van der Waals surface area contributed by atoms with Gasteiger partial charge in [0.2, 0.25) is 5.66 Å². The Morgan fingerprint density at radius 2 is 1.75 bits per heavy atom. The molecule has 0 bridgehead atoms. The maximum atomic E-state index is 13.7. The lowest BCUT2D eigenvalue weighted by atomic mass is 9.75. The van der Waals surface area contributed by atoms with Crippen molar-refractivity contribution in [2.24, 2.45) is 17.8 Å². The number of carbonyl (C=O) groups is 2. The van der Waals surface area contributed by atoms with Gasteiger partial charge >= 0.3 is 18.1 Å². The first-order valence-electron chi connectivity index (χ1n) is 17.6. The Hall–Kier alpha value is -4.70. The average molecular weight is 716 g/mol. The van der Waals surface area contributed by atoms with Crippen LogP contribution >= 0.6 is 0 Å². The van der Waals surface area contributed by atoms with Crippen LogP contribution in [0.1, 0.15) is 51.2 Å². The van der Waals surface area contributed by atoms with Gasteiger partial charge in [-0.1, -0.05) is 69.5 Å². The number of hydrogen-bond donors (Lipinski definition) is 1. The van der Waals surface area contributed by atoms with Crippen molar-refractivity contribution in [3.63, 3.8) is 0 Å². The molecule has 5 atom stereocenters. The van der Waals surface area contributed by atoms with Gasteiger partial charge in [0, 0.05) is 19.2 Å². The molecule has 9 nitrogen and oxygen atoms in total. The minimum absolute atomic E-state index is 0.00710. The number of nitrogens with one attached hydrogen (secondary N) is 1. The first-order chi connectivity index (χ1) is 24.8. The number of para-hydroxylation sites is 2. The van der Waals surface area contributed by atoms with Crippen LogP contribution in [0.3, 0.4) is 0 Å². The van der Waals surface area contributed by atoms with Gasteiger partial charge in [-0.15, -0.1) is 6.42 Å². The molecule has 1 saturated carbocycles. The molecule has 0 spiro atoms. The zero-order chi connectivity index (χ0) is 37.2. The zero-order valence-corrected chi connectivity index (χ0v) is 29.8. The molecular weight excluding hydrogens is 671 g/mol. The number of aromatic nitrogens is 2. The first kappa shape index (κ1) is 37.1. The van der Waals surface area contributed by atoms with E-state index in [0.717, 1.165) is 40.9 Å². The van der Waals surface area contributed by atoms with Crippen LogP contribution < -0.4 is 10.2 Å². The molecule has 1 aliphatic heterocycles. The number of benzene rings is 3. The van der Waals surface area contributed by atoms with E-state index >= 15 is 0 Å². The smallest absolute Gasteiger partial charge is 0.426 e. The Morgan fingerprint density at radius 1 is 1.06 bits per heavy atom. The maximum absolute atomic E-state index is 13.7. The van der Waals surface area contributed by atoms with E-state index in [0.29, 0.717) is 34.9 Å². The normalized spacial score (nSPS) is 23.1. The van der Waals surface area contributed by atoms with Crippen LogP contribution in [0.5, 0.6) is 5.75 Å². The molecule has 4 aromatic rings. The average Bonchev–Trinajstić information content (AvgIpc) is 3.67. The quantitative estimate of drug-likeness (QED) is 0.0732. The fourth-order valence-electron chi connectivity index (χ4n) is 7.36. The summed E-state index contributed by atoms with van der Waals surface area (Å²) in [6, 6.07) is 20.5. The molecule has 0 radical (unpaired) electrons. The van der Waals surface area contributed by atoms with Crippen LogP contribution in [-0.2, 0) is 33.1 Å². The minimum atomic E-state index is -4.49. The fourth-order valence-corrected chi connectivity index (χ4v) is 7.36. The number of alkyl halides is 3. The Labute approximate surface area is 302 Å². The third-order valence-corrected chi connectivity index (χ3v) is 10.2. The monoisotopic (exact) mass is 715 g/mol. The molecule has 1 aromatic heterocycles. The van der Waals surface area contributed by atoms with Crippen molar-refractivity contribution < 1.29 is 32.2 Å². The van der Waals surface area contributed by atoms with Crippen LogP contribution in [0.2, 0.25) is 0 Å². The number of esters is 2. The summed E-state index contributed by atoms with van der Waals surface area (Å²) in [6.45, 7) is 6.81. The molecule has 2 unspecified atom stereocenters. The highest BCUT2D eigenvalue weighted by Crippen LogP contribution is 2.48. The summed E-state index contributed by atoms with van der Waals surface area (Å²) in [5.41, 5.74) is 3.21. The van der Waals surface area contributed by atoms with E-state index in [1.807, 2.05) is 28.8 Å². The molecule has 1 N–H and O–H groups in total. The number of fused-ring (bicyclic) bond motifs is 1. The lowest BCUT2D eigenvalue weighted by Gasteiger charge is -2.36. The number of nitrogens with zero attached hydrogens (tertiary/aromatic N) is 4. The number of carbonyl (C=O) groups excluding carboxylic acids is 2. The summed E-state index contributed by atoms with van der Waals surface area (Å²) < 4.78 is 54.7. The van der Waals surface area contributed by atoms with Crippen molar-refractivity contribution in [2.75, 3.05) is 20.1 Å². The highest BCUT2D eigenvalue weighted by molar-refractivity contribution is 5.83. The highest BCUT2D eigenvalue weighted by Gasteiger charge is 2.69. The van der Waals surface area contributed by atoms with Gasteiger partial charge in [-0.25, -0.2) is 15.4 Å². The van der Waals surface area contributed by atoms with Crippen molar-refractivity contribution in [1.82, 2.24) is 24.9 Å². The summed E-state index contributed by atoms with van der Waals surface area (Å²) in [4.78, 5) is 32.9. The second-order valence-corrected chi connectivity index (χ2v) is 14.3. The lowest BCUT2D eigenvalue weighted by molar-refractivity contribution is -0.174. The van der Waals surface area contributed by atoms with Crippen molar-refractivity contribution in [1.29, 1.82) is 0 Å². The van der Waals surface area contributed by atoms with E-state index in [-0.39, 0.29) is 43.8 Å². The van der Waals surface area contributed by atoms with E-state index in [4.69, 9.17) is 20.9 Å². The van der Waals surface area contributed by atoms with Crippen molar-refractivity contribution in [2.45, 2.75) is 71.1 Å². The Morgan fingerprint density at radius 3 is 2.38 bits per heavy atom. The number of hydrazine groups is 1. The summed E-state index contributed by atoms with van der Waals surface area (Å²) in [5.74, 6) is 3.84. The van der Waals surface area contributed by atoms with Gasteiger partial charge in [0.1, 0.15) is 24.2 Å². The van der Waals surface area contributed by atoms with Crippen LogP contribution in [0.25, 0.3) is 22.4 Å². The summed E-state index contributed by atoms with van der Waals surface area (Å²) in [5, 5.41) is 1.02. The Kier molecular flexibility index (Phi) is 10.8. The van der Waals surface area contributed by atoms with E-state index in [1.165, 1.54) is 19.2 Å². The van der Waals surface area contributed by atoms with Gasteiger partial charge in [-0.3, -0.25) is 14.5 Å². The predicted molar refractivity (Wildman–Crippen MR) is 191 cm³/mol. The molecule has 0 amide bonds. The molecule has 2 heterocycles. The number of ether oxygens (including phenoxy) is 2. The number of imidazole rings is 1. The van der Waals surface area contributed by atoms with Gasteiger partial charge in [-0.2, -0.15) is 13.2 Å². The molecule has 1 aliphatic carbocycles. The van der Waals surface area contributed by atoms with Crippen molar-refractivity contribution in [3.8, 4) is 29.5 Å². The number of halogens is 3. The van der Waals surface area contributed by atoms with Crippen LogP contribution in [0.15, 0.2) is 72.8 Å². The standard InChI is InChI=1S/C40H44F3N5O4/c1-6-21-47(23-28-12-16-30(17-13-28)39(40(41,42)43)45-46(39)5)24-36(49)51-31-18-14-29(15-19-31)38-44-33-9-7-8-10-34(33)48(38)25-37(50)52-35-22-27(4)11-20-32(35)26(2)3/h1,7-10,12-19,26-27,32,35,45H,11,20-25H2,2-5H3/t27-,32+,35-,39?,46?/m1/s1. The Balaban J connectivity index is 1.11. The van der Waals surface area contributed by atoms with Gasteiger partial charge < -0.3 is 14.0 Å². The second-order valence-electron chi connectivity index (χ2n) is 14.3. The summed E-state index contributed by atoms with van der Waals surface area (Å²) in [7, 11) is 1.34. The molecule has 2 aliphatic rings. The summed E-state index contributed by atoms with van der Waals surface area (Å²) >= 11 is 0. The Bertz CT molecular complexity index is 1940. The lowest BCUT2D eigenvalue weighted by Crippen LogP contribution is -2.36. The van der Waals surface area contributed by atoms with E-state index in [1.54, 1.807) is 41.3 Å². The second kappa shape index (κ2) is 15.1. The SMILES string of the molecule is C#CCN(CC(=O)Oc1ccc(-c2nc3ccccc3n2CC(=O)O[C@@H]2C[C@H](C)CC[C@H]2C(C)C)cc1)Cc1ccc(C2(C(F)(F)F)NN2C)cc1. The maximum Gasteiger partial charge on any atom is 0.426 e. The van der Waals surface area contributed by atoms with Gasteiger partial charge in [0.15, 0.2) is 0 Å². The molecule has 12 heteroatoms. The van der Waals surface area contributed by atoms with Crippen molar-refractivity contribution >= 4 is 23.0 Å². The topological polar surface area (TPSA) is 98.6 Å². The first-order valence-corrected chi connectivity index (χ1v) is 17.6. The van der Waals surface area contributed by atoms with Gasteiger partial charge in [0.25, 0.3) is 0 Å². The molecule has 52 heavy (non-hydrogen) atoms. The van der Waals surface area contributed by atoms with E-state index < -0.39 is 17.8 Å². The minimum Gasteiger partial charge on any atom is -0.461 e. The predicted octanol–water partition coefficient (Wildman–Crippen LogP) is 6.91. The van der Waals surface area contributed by atoms with Crippen LogP contribution in [-0.4, -0.2) is 63.8 Å². The zero-order valence-electron chi connectivity index (χ0n) is 29.8. The molecule has 2 fully saturated rings. The van der Waals surface area contributed by atoms with Gasteiger partial charge in [0.05, 0.1) is 24.1 Å². The third-order valence-electron chi connectivity index (χ3n) is 10.2. The number of hydrogen-bond acceptors (Lipinski definition) is 8. The van der Waals surface area contributed by atoms with Crippen LogP contribution in [0.4, 0.5) is 13.2 Å². The highest BCUT2D eigenvalue weighted by atomic mass is 19.4. The van der Waals surface area contributed by atoms with E-state index in [2.05, 4.69) is 32.1 Å². The molecular formula is C40H44F3N5O4. The largest absolute Gasteiger partial charge is 0.461 e. The van der Waals surface area contributed by atoms with Crippen LogP contribution in [0, 0.1) is 30.1 Å².